The second-order valence-corrected chi connectivity index (χ2v) is 8.51. The van der Waals surface area contributed by atoms with E-state index in [1.165, 1.54) is 23.5 Å². The van der Waals surface area contributed by atoms with Crippen molar-refractivity contribution in [3.05, 3.63) is 64.1 Å². The van der Waals surface area contributed by atoms with Crippen molar-refractivity contribution >= 4 is 44.9 Å². The van der Waals surface area contributed by atoms with Gasteiger partial charge in [0.25, 0.3) is 0 Å². The monoisotopic (exact) mass is 442 g/mol. The van der Waals surface area contributed by atoms with Gasteiger partial charge in [0.15, 0.2) is 0 Å². The zero-order chi connectivity index (χ0) is 21.0. The van der Waals surface area contributed by atoms with Crippen molar-refractivity contribution in [2.75, 3.05) is 12.4 Å². The average molecular weight is 443 g/mol. The minimum atomic E-state index is -0.476. The molecule has 152 valence electrons. The number of methoxy groups -OCH3 is 1. The van der Waals surface area contributed by atoms with E-state index in [0.717, 1.165) is 21.5 Å². The molecular formula is C21H16ClFN4O2S. The number of benzene rings is 2. The number of aryl methyl sites for hydroxylation is 1. The van der Waals surface area contributed by atoms with Crippen molar-refractivity contribution in [1.29, 1.82) is 0 Å². The number of fused-ring (bicyclic) bond motifs is 2. The fourth-order valence-electron chi connectivity index (χ4n) is 3.84. The van der Waals surface area contributed by atoms with Crippen LogP contribution >= 0.6 is 22.9 Å². The van der Waals surface area contributed by atoms with Crippen LogP contribution in [0.15, 0.2) is 36.4 Å². The van der Waals surface area contributed by atoms with Gasteiger partial charge in [0.05, 0.1) is 23.0 Å². The molecule has 6 nitrogen and oxygen atoms in total. The Hall–Kier alpha value is -2.97. The molecule has 4 aromatic rings. The minimum Gasteiger partial charge on any atom is -0.497 e. The predicted molar refractivity (Wildman–Crippen MR) is 115 cm³/mol. The Morgan fingerprint density at radius 2 is 2.13 bits per heavy atom. The Morgan fingerprint density at radius 3 is 2.93 bits per heavy atom. The quantitative estimate of drug-likeness (QED) is 0.481. The maximum absolute atomic E-state index is 14.6. The van der Waals surface area contributed by atoms with Gasteiger partial charge < -0.3 is 10.1 Å². The van der Waals surface area contributed by atoms with Crippen LogP contribution in [0.4, 0.5) is 10.2 Å². The molecule has 0 fully saturated rings. The highest BCUT2D eigenvalue weighted by atomic mass is 35.5. The summed E-state index contributed by atoms with van der Waals surface area (Å²) in [6, 6.07) is 10.0. The summed E-state index contributed by atoms with van der Waals surface area (Å²) in [6.45, 7) is 1.85. The number of hydrogen-bond donors (Lipinski definition) is 1. The average Bonchev–Trinajstić information content (AvgIpc) is 3.29. The molecule has 0 saturated heterocycles. The Morgan fingerprint density at radius 1 is 1.30 bits per heavy atom. The van der Waals surface area contributed by atoms with E-state index in [1.54, 1.807) is 17.9 Å². The Balaban J connectivity index is 1.67. The van der Waals surface area contributed by atoms with Crippen LogP contribution in [0.2, 0.25) is 5.02 Å². The largest absolute Gasteiger partial charge is 0.497 e. The fourth-order valence-corrected chi connectivity index (χ4v) is 4.98. The van der Waals surface area contributed by atoms with Crippen LogP contribution in [0.25, 0.3) is 15.3 Å². The van der Waals surface area contributed by atoms with Crippen molar-refractivity contribution in [1.82, 2.24) is 14.8 Å². The lowest BCUT2D eigenvalue weighted by Crippen LogP contribution is -2.25. The fraction of sp³-hybridized carbons (Fsp3) is 0.190. The number of carbonyl (C=O) groups is 1. The van der Waals surface area contributed by atoms with Crippen LogP contribution in [-0.2, 0) is 4.79 Å². The third-order valence-corrected chi connectivity index (χ3v) is 6.43. The first-order chi connectivity index (χ1) is 14.4. The molecule has 0 unspecified atom stereocenters. The number of nitrogens with one attached hydrogen (secondary N) is 1. The van der Waals surface area contributed by atoms with Gasteiger partial charge in [-0.2, -0.15) is 9.78 Å². The summed E-state index contributed by atoms with van der Waals surface area (Å²) in [5.74, 6) is 0.163. The second kappa shape index (κ2) is 7.07. The Labute approximate surface area is 180 Å². The van der Waals surface area contributed by atoms with E-state index >= 15 is 0 Å². The lowest BCUT2D eigenvalue weighted by molar-refractivity contribution is -0.116. The molecule has 0 spiro atoms. The molecule has 5 rings (SSSR count). The Kier molecular flexibility index (Phi) is 4.48. The molecule has 1 atom stereocenters. The number of hydrogen-bond acceptors (Lipinski definition) is 5. The normalized spacial score (nSPS) is 15.9. The molecule has 3 heterocycles. The van der Waals surface area contributed by atoms with Crippen molar-refractivity contribution in [2.45, 2.75) is 19.3 Å². The highest BCUT2D eigenvalue weighted by Crippen LogP contribution is 2.42. The molecule has 1 aliphatic rings. The van der Waals surface area contributed by atoms with Gasteiger partial charge in [-0.25, -0.2) is 9.37 Å². The lowest BCUT2D eigenvalue weighted by Gasteiger charge is -2.24. The van der Waals surface area contributed by atoms with Crippen LogP contribution in [0.3, 0.4) is 0 Å². The topological polar surface area (TPSA) is 69.0 Å². The molecule has 1 aliphatic heterocycles. The lowest BCUT2D eigenvalue weighted by atomic mass is 9.85. The van der Waals surface area contributed by atoms with Crippen LogP contribution < -0.4 is 10.1 Å². The van der Waals surface area contributed by atoms with Crippen LogP contribution in [0.1, 0.15) is 29.2 Å². The number of thiazole rings is 1. The molecule has 9 heteroatoms. The standard InChI is InChI=1S/C21H16ClFN4O2S/c1-10-19-14(13-7-11(22)3-5-15(13)23)9-18(28)25-20(19)27(26-10)21-24-16-6-4-12(29-2)8-17(16)30-21/h3-8,14H,9H2,1-2H3,(H,25,28)/t14-/m1/s1. The molecule has 30 heavy (non-hydrogen) atoms. The summed E-state index contributed by atoms with van der Waals surface area (Å²) in [6.07, 6.45) is 0.119. The number of ether oxygens (including phenoxy) is 1. The first-order valence-electron chi connectivity index (χ1n) is 9.24. The summed E-state index contributed by atoms with van der Waals surface area (Å²) >= 11 is 7.54. The maximum atomic E-state index is 14.6. The van der Waals surface area contributed by atoms with Gasteiger partial charge in [0.1, 0.15) is 17.4 Å². The number of rotatable bonds is 3. The highest BCUT2D eigenvalue weighted by molar-refractivity contribution is 7.20. The Bertz CT molecular complexity index is 1320. The zero-order valence-electron chi connectivity index (χ0n) is 16.1. The van der Waals surface area contributed by atoms with E-state index in [2.05, 4.69) is 15.4 Å². The van der Waals surface area contributed by atoms with Gasteiger partial charge in [0.2, 0.25) is 11.0 Å². The first-order valence-corrected chi connectivity index (χ1v) is 10.4. The summed E-state index contributed by atoms with van der Waals surface area (Å²) < 4.78 is 22.4. The molecule has 2 aromatic heterocycles. The number of halogens is 2. The molecule has 0 saturated carbocycles. The summed E-state index contributed by atoms with van der Waals surface area (Å²) in [5, 5.41) is 8.55. The summed E-state index contributed by atoms with van der Waals surface area (Å²) in [4.78, 5) is 17.2. The SMILES string of the molecule is COc1ccc2nc(-n3nc(C)c4c3NC(=O)C[C@@H]4c3cc(Cl)ccc3F)sc2c1. The molecular weight excluding hydrogens is 427 g/mol. The maximum Gasteiger partial charge on any atom is 0.226 e. The third kappa shape index (κ3) is 3.03. The van der Waals surface area contributed by atoms with Gasteiger partial charge in [-0.1, -0.05) is 22.9 Å². The van der Waals surface area contributed by atoms with Gasteiger partial charge in [-0.3, -0.25) is 4.79 Å². The number of amides is 1. The summed E-state index contributed by atoms with van der Waals surface area (Å²) in [5.41, 5.74) is 2.66. The number of carbonyl (C=O) groups excluding carboxylic acids is 1. The van der Waals surface area contributed by atoms with Crippen molar-refractivity contribution in [3.63, 3.8) is 0 Å². The molecule has 0 radical (unpaired) electrons. The smallest absolute Gasteiger partial charge is 0.226 e. The summed E-state index contributed by atoms with van der Waals surface area (Å²) in [7, 11) is 1.61. The van der Waals surface area contributed by atoms with E-state index < -0.39 is 11.7 Å². The van der Waals surface area contributed by atoms with E-state index in [0.29, 0.717) is 27.2 Å². The van der Waals surface area contributed by atoms with E-state index in [-0.39, 0.29) is 12.3 Å². The highest BCUT2D eigenvalue weighted by Gasteiger charge is 2.34. The first kappa shape index (κ1) is 19.0. The molecule has 2 aromatic carbocycles. The van der Waals surface area contributed by atoms with Crippen LogP contribution in [-0.4, -0.2) is 27.8 Å². The van der Waals surface area contributed by atoms with Gasteiger partial charge in [-0.15, -0.1) is 0 Å². The van der Waals surface area contributed by atoms with Crippen molar-refractivity contribution < 1.29 is 13.9 Å². The van der Waals surface area contributed by atoms with Gasteiger partial charge in [-0.05, 0) is 48.9 Å². The van der Waals surface area contributed by atoms with Crippen molar-refractivity contribution in [2.24, 2.45) is 0 Å². The van der Waals surface area contributed by atoms with E-state index in [1.807, 2.05) is 25.1 Å². The van der Waals surface area contributed by atoms with Crippen molar-refractivity contribution in [3.8, 4) is 10.9 Å². The molecule has 1 amide bonds. The van der Waals surface area contributed by atoms with Gasteiger partial charge >= 0.3 is 0 Å². The zero-order valence-corrected chi connectivity index (χ0v) is 17.6. The minimum absolute atomic E-state index is 0.119. The van der Waals surface area contributed by atoms with E-state index in [4.69, 9.17) is 16.3 Å². The van der Waals surface area contributed by atoms with Crippen LogP contribution in [0, 0.1) is 12.7 Å². The molecule has 1 N–H and O–H groups in total. The number of nitrogens with zero attached hydrogens (tertiary/aromatic N) is 3. The molecule has 0 bridgehead atoms. The van der Waals surface area contributed by atoms with Gasteiger partial charge in [0, 0.05) is 22.9 Å². The second-order valence-electron chi connectivity index (χ2n) is 7.06. The van der Waals surface area contributed by atoms with E-state index in [9.17, 15) is 9.18 Å². The molecule has 0 aliphatic carbocycles. The number of anilines is 1. The van der Waals surface area contributed by atoms with Crippen LogP contribution in [0.5, 0.6) is 5.75 Å². The predicted octanol–water partition coefficient (Wildman–Crippen LogP) is 5.07. The third-order valence-electron chi connectivity index (χ3n) is 5.20. The number of aromatic nitrogens is 3.